The molecule has 0 spiro atoms. The number of piperidine rings is 1. The van der Waals surface area contributed by atoms with Gasteiger partial charge in [0.1, 0.15) is 21.5 Å². The van der Waals surface area contributed by atoms with E-state index >= 15 is 0 Å². The van der Waals surface area contributed by atoms with Crippen LogP contribution in [-0.4, -0.2) is 56.8 Å². The van der Waals surface area contributed by atoms with E-state index in [4.69, 9.17) is 0 Å². The Kier molecular flexibility index (Phi) is 5.50. The number of nitrogens with zero attached hydrogens (tertiary/aromatic N) is 2. The Balaban J connectivity index is 1.68. The van der Waals surface area contributed by atoms with Gasteiger partial charge in [0.15, 0.2) is 0 Å². The summed E-state index contributed by atoms with van der Waals surface area (Å²) in [6, 6.07) is 2.97. The number of halogens is 2. The van der Waals surface area contributed by atoms with Crippen molar-refractivity contribution in [2.45, 2.75) is 19.3 Å². The van der Waals surface area contributed by atoms with Crippen molar-refractivity contribution in [2.75, 3.05) is 36.5 Å². The van der Waals surface area contributed by atoms with Gasteiger partial charge in [0.05, 0.1) is 17.4 Å². The molecule has 0 radical (unpaired) electrons. The first-order chi connectivity index (χ1) is 12.6. The first-order valence-electron chi connectivity index (χ1n) is 8.86. The zero-order valence-corrected chi connectivity index (χ0v) is 15.8. The quantitative estimate of drug-likeness (QED) is 0.770. The number of amides is 2. The van der Waals surface area contributed by atoms with E-state index in [-0.39, 0.29) is 42.1 Å². The summed E-state index contributed by atoms with van der Waals surface area (Å²) in [7, 11) is -3.13. The lowest BCUT2D eigenvalue weighted by atomic mass is 9.98. The van der Waals surface area contributed by atoms with Gasteiger partial charge in [0.2, 0.25) is 11.8 Å². The van der Waals surface area contributed by atoms with Crippen molar-refractivity contribution >= 4 is 27.3 Å². The molecule has 2 heterocycles. The fraction of sp³-hybridized carbons (Fsp3) is 0.556. The molecule has 0 bridgehead atoms. The van der Waals surface area contributed by atoms with E-state index < -0.39 is 27.4 Å². The smallest absolute Gasteiger partial charge is 0.228 e. The highest BCUT2D eigenvalue weighted by Crippen LogP contribution is 2.30. The minimum atomic E-state index is -3.13. The van der Waals surface area contributed by atoms with Crippen LogP contribution in [0.2, 0.25) is 0 Å². The van der Waals surface area contributed by atoms with Crippen molar-refractivity contribution < 1.29 is 26.8 Å². The van der Waals surface area contributed by atoms with Gasteiger partial charge in [-0.3, -0.25) is 9.59 Å². The Morgan fingerprint density at radius 2 is 2.00 bits per heavy atom. The second-order valence-electron chi connectivity index (χ2n) is 7.39. The molecule has 2 aliphatic rings. The van der Waals surface area contributed by atoms with Crippen LogP contribution < -0.4 is 4.90 Å². The molecule has 2 saturated heterocycles. The molecule has 0 aromatic heterocycles. The molecule has 0 aliphatic carbocycles. The zero-order chi connectivity index (χ0) is 19.8. The average Bonchev–Trinajstić information content (AvgIpc) is 2.94. The van der Waals surface area contributed by atoms with Gasteiger partial charge in [0.25, 0.3) is 0 Å². The third kappa shape index (κ3) is 4.63. The Bertz CT molecular complexity index is 859. The molecule has 148 valence electrons. The van der Waals surface area contributed by atoms with E-state index in [1.165, 1.54) is 17.2 Å². The highest BCUT2D eigenvalue weighted by atomic mass is 32.2. The molecule has 2 atom stereocenters. The van der Waals surface area contributed by atoms with E-state index in [0.717, 1.165) is 12.5 Å². The summed E-state index contributed by atoms with van der Waals surface area (Å²) in [6.45, 7) is 0.906. The predicted octanol–water partition coefficient (Wildman–Crippen LogP) is 1.60. The molecule has 2 fully saturated rings. The number of sulfone groups is 1. The molecule has 0 N–H and O–H groups in total. The number of likely N-dealkylation sites (tertiary alicyclic amines) is 1. The maximum absolute atomic E-state index is 14.0. The molecule has 1 aromatic rings. The molecule has 27 heavy (non-hydrogen) atoms. The maximum Gasteiger partial charge on any atom is 0.228 e. The van der Waals surface area contributed by atoms with Crippen LogP contribution in [0.4, 0.5) is 14.5 Å². The molecule has 9 heteroatoms. The number of hydrogen-bond acceptors (Lipinski definition) is 4. The number of carbonyl (C=O) groups is 2. The summed E-state index contributed by atoms with van der Waals surface area (Å²) in [5.74, 6) is -2.87. The van der Waals surface area contributed by atoms with Gasteiger partial charge in [-0.05, 0) is 30.9 Å². The van der Waals surface area contributed by atoms with Gasteiger partial charge in [-0.2, -0.15) is 0 Å². The summed E-state index contributed by atoms with van der Waals surface area (Å²) in [6.07, 6.45) is 2.59. The summed E-state index contributed by atoms with van der Waals surface area (Å²) < 4.78 is 50.1. The van der Waals surface area contributed by atoms with Crippen molar-refractivity contribution in [1.82, 2.24) is 4.90 Å². The van der Waals surface area contributed by atoms with Crippen LogP contribution in [0, 0.1) is 23.5 Å². The van der Waals surface area contributed by atoms with E-state index in [2.05, 4.69) is 0 Å². The van der Waals surface area contributed by atoms with Gasteiger partial charge in [-0.25, -0.2) is 17.2 Å². The standard InChI is InChI=1S/C18H22F2N2O4S/c1-27(25,26)11-12-3-2-6-21(9-12)18(24)13-7-17(23)22(10-13)16-5-4-14(19)8-15(16)20/h4-5,8,12-13H,2-3,6-7,9-11H2,1H3. The van der Waals surface area contributed by atoms with Gasteiger partial charge in [-0.1, -0.05) is 0 Å². The Morgan fingerprint density at radius 3 is 2.67 bits per heavy atom. The largest absolute Gasteiger partial charge is 0.342 e. The topological polar surface area (TPSA) is 74.8 Å². The van der Waals surface area contributed by atoms with Gasteiger partial charge < -0.3 is 9.80 Å². The SMILES string of the molecule is CS(=O)(=O)CC1CCCN(C(=O)C2CC(=O)N(c3ccc(F)cc3F)C2)C1. The highest BCUT2D eigenvalue weighted by Gasteiger charge is 2.39. The average molecular weight is 400 g/mol. The van der Waals surface area contributed by atoms with Crippen LogP contribution in [0.5, 0.6) is 0 Å². The zero-order valence-electron chi connectivity index (χ0n) is 15.0. The molecular weight excluding hydrogens is 378 g/mol. The normalized spacial score (nSPS) is 23.7. The van der Waals surface area contributed by atoms with E-state index in [1.807, 2.05) is 0 Å². The van der Waals surface area contributed by atoms with E-state index in [9.17, 15) is 26.8 Å². The maximum atomic E-state index is 14.0. The lowest BCUT2D eigenvalue weighted by Gasteiger charge is -2.34. The number of benzene rings is 1. The predicted molar refractivity (Wildman–Crippen MR) is 95.8 cm³/mol. The van der Waals surface area contributed by atoms with Gasteiger partial charge in [0, 0.05) is 38.4 Å². The summed E-state index contributed by atoms with van der Waals surface area (Å²) in [5.41, 5.74) is -0.0368. The second-order valence-corrected chi connectivity index (χ2v) is 9.57. The molecule has 6 nitrogen and oxygen atoms in total. The van der Waals surface area contributed by atoms with Crippen molar-refractivity contribution in [3.8, 4) is 0 Å². The van der Waals surface area contributed by atoms with Crippen LogP contribution in [0.1, 0.15) is 19.3 Å². The monoisotopic (exact) mass is 400 g/mol. The fourth-order valence-electron chi connectivity index (χ4n) is 3.89. The van der Waals surface area contributed by atoms with Crippen LogP contribution >= 0.6 is 0 Å². The van der Waals surface area contributed by atoms with Crippen molar-refractivity contribution in [2.24, 2.45) is 11.8 Å². The minimum absolute atomic E-state index is 0.0350. The summed E-state index contributed by atoms with van der Waals surface area (Å²) >= 11 is 0. The van der Waals surface area contributed by atoms with Gasteiger partial charge in [-0.15, -0.1) is 0 Å². The Labute approximate surface area is 157 Å². The lowest BCUT2D eigenvalue weighted by molar-refractivity contribution is -0.137. The number of anilines is 1. The van der Waals surface area contributed by atoms with Crippen LogP contribution in [0.3, 0.4) is 0 Å². The van der Waals surface area contributed by atoms with Crippen molar-refractivity contribution in [1.29, 1.82) is 0 Å². The highest BCUT2D eigenvalue weighted by molar-refractivity contribution is 7.90. The Morgan fingerprint density at radius 1 is 1.26 bits per heavy atom. The molecule has 2 amide bonds. The Hall–Kier alpha value is -2.03. The van der Waals surface area contributed by atoms with Crippen LogP contribution in [0.25, 0.3) is 0 Å². The lowest BCUT2D eigenvalue weighted by Crippen LogP contribution is -2.45. The molecule has 1 aromatic carbocycles. The fourth-order valence-corrected chi connectivity index (χ4v) is 5.02. The first kappa shape index (κ1) is 19.7. The summed E-state index contributed by atoms with van der Waals surface area (Å²) in [5, 5.41) is 0. The van der Waals surface area contributed by atoms with E-state index in [0.29, 0.717) is 25.6 Å². The molecule has 3 rings (SSSR count). The summed E-state index contributed by atoms with van der Waals surface area (Å²) in [4.78, 5) is 27.9. The molecule has 0 saturated carbocycles. The van der Waals surface area contributed by atoms with Crippen LogP contribution in [-0.2, 0) is 19.4 Å². The molecule has 2 unspecified atom stereocenters. The van der Waals surface area contributed by atoms with E-state index in [1.54, 1.807) is 4.90 Å². The van der Waals surface area contributed by atoms with Crippen molar-refractivity contribution in [3.63, 3.8) is 0 Å². The number of rotatable bonds is 4. The minimum Gasteiger partial charge on any atom is -0.342 e. The van der Waals surface area contributed by atoms with Crippen molar-refractivity contribution in [3.05, 3.63) is 29.8 Å². The third-order valence-corrected chi connectivity index (χ3v) is 6.12. The number of carbonyl (C=O) groups excluding carboxylic acids is 2. The van der Waals surface area contributed by atoms with Gasteiger partial charge >= 0.3 is 0 Å². The first-order valence-corrected chi connectivity index (χ1v) is 10.9. The molecular formula is C18H22F2N2O4S. The molecule has 2 aliphatic heterocycles. The third-order valence-electron chi connectivity index (χ3n) is 5.04. The van der Waals surface area contributed by atoms with Crippen LogP contribution in [0.15, 0.2) is 18.2 Å². The number of hydrogen-bond donors (Lipinski definition) is 0. The second kappa shape index (κ2) is 7.53.